The van der Waals surface area contributed by atoms with Gasteiger partial charge in [-0.1, -0.05) is 13.0 Å². The molecule has 0 saturated carbocycles. The molecule has 1 saturated heterocycles. The maximum absolute atomic E-state index is 13.0. The number of carbonyl (C=O) groups is 3. The fourth-order valence-corrected chi connectivity index (χ4v) is 3.35. The summed E-state index contributed by atoms with van der Waals surface area (Å²) in [6, 6.07) is 11.3. The molecule has 2 aromatic rings. The van der Waals surface area contributed by atoms with Gasteiger partial charge in [-0.2, -0.15) is 0 Å². The van der Waals surface area contributed by atoms with Crippen LogP contribution in [0.3, 0.4) is 0 Å². The number of rotatable bonds is 6. The van der Waals surface area contributed by atoms with E-state index in [9.17, 15) is 18.8 Å². The lowest BCUT2D eigenvalue weighted by atomic mass is 10.1. The Hall–Kier alpha value is -3.22. The lowest BCUT2D eigenvalue weighted by Crippen LogP contribution is -2.46. The molecule has 0 aliphatic carbocycles. The molecular formula is C22H24FN3O3. The molecule has 0 aromatic heterocycles. The topological polar surface area (TPSA) is 78.5 Å². The van der Waals surface area contributed by atoms with E-state index in [0.29, 0.717) is 36.3 Å². The minimum Gasteiger partial charge on any atom is -0.354 e. The van der Waals surface area contributed by atoms with Gasteiger partial charge in [0.05, 0.1) is 0 Å². The van der Waals surface area contributed by atoms with Crippen molar-refractivity contribution in [1.82, 2.24) is 10.2 Å². The van der Waals surface area contributed by atoms with Gasteiger partial charge in [0.25, 0.3) is 11.8 Å². The second-order valence-electron chi connectivity index (χ2n) is 6.99. The molecule has 29 heavy (non-hydrogen) atoms. The number of amides is 3. The Kier molecular flexibility index (Phi) is 6.59. The molecule has 1 fully saturated rings. The molecule has 0 radical (unpaired) electrons. The summed E-state index contributed by atoms with van der Waals surface area (Å²) in [5, 5.41) is 5.57. The summed E-state index contributed by atoms with van der Waals surface area (Å²) in [5.41, 5.74) is 1.17. The van der Waals surface area contributed by atoms with E-state index < -0.39 is 17.8 Å². The van der Waals surface area contributed by atoms with Crippen molar-refractivity contribution in [2.75, 3.05) is 18.4 Å². The summed E-state index contributed by atoms with van der Waals surface area (Å²) in [6.07, 6.45) is 2.25. The van der Waals surface area contributed by atoms with Crippen LogP contribution in [0.15, 0.2) is 48.5 Å². The van der Waals surface area contributed by atoms with E-state index in [-0.39, 0.29) is 11.8 Å². The molecule has 1 aliphatic heterocycles. The van der Waals surface area contributed by atoms with Gasteiger partial charge in [0, 0.05) is 29.9 Å². The first kappa shape index (κ1) is 20.5. The van der Waals surface area contributed by atoms with E-state index in [1.807, 2.05) is 6.92 Å². The second-order valence-corrected chi connectivity index (χ2v) is 6.99. The first-order chi connectivity index (χ1) is 14.0. The first-order valence-corrected chi connectivity index (χ1v) is 9.75. The van der Waals surface area contributed by atoms with Crippen LogP contribution in [-0.2, 0) is 4.79 Å². The summed E-state index contributed by atoms with van der Waals surface area (Å²) in [5.74, 6) is -1.18. The zero-order valence-corrected chi connectivity index (χ0v) is 16.3. The number of nitrogens with zero attached hydrogens (tertiary/aromatic N) is 1. The quantitative estimate of drug-likeness (QED) is 0.786. The van der Waals surface area contributed by atoms with E-state index in [0.717, 1.165) is 12.8 Å². The van der Waals surface area contributed by atoms with Gasteiger partial charge in [0.1, 0.15) is 11.9 Å². The number of likely N-dealkylation sites (tertiary alicyclic amines) is 1. The van der Waals surface area contributed by atoms with Crippen molar-refractivity contribution in [2.24, 2.45) is 0 Å². The smallest absolute Gasteiger partial charge is 0.255 e. The third kappa shape index (κ3) is 4.99. The molecule has 7 heteroatoms. The van der Waals surface area contributed by atoms with Gasteiger partial charge >= 0.3 is 0 Å². The van der Waals surface area contributed by atoms with Gasteiger partial charge in [-0.3, -0.25) is 14.4 Å². The van der Waals surface area contributed by atoms with Crippen LogP contribution >= 0.6 is 0 Å². The normalized spacial score (nSPS) is 15.8. The van der Waals surface area contributed by atoms with E-state index in [1.54, 1.807) is 29.2 Å². The molecule has 3 amide bonds. The molecule has 1 heterocycles. The van der Waals surface area contributed by atoms with Crippen molar-refractivity contribution in [3.63, 3.8) is 0 Å². The van der Waals surface area contributed by atoms with Crippen LogP contribution < -0.4 is 10.6 Å². The second kappa shape index (κ2) is 9.32. The van der Waals surface area contributed by atoms with Crippen LogP contribution in [-0.4, -0.2) is 41.8 Å². The van der Waals surface area contributed by atoms with Crippen molar-refractivity contribution >= 4 is 23.4 Å². The van der Waals surface area contributed by atoms with Crippen LogP contribution in [0.4, 0.5) is 10.1 Å². The zero-order valence-electron chi connectivity index (χ0n) is 16.3. The molecule has 1 aliphatic rings. The van der Waals surface area contributed by atoms with Crippen LogP contribution in [0, 0.1) is 5.82 Å². The molecule has 2 aromatic carbocycles. The summed E-state index contributed by atoms with van der Waals surface area (Å²) < 4.78 is 13.0. The number of hydrogen-bond donors (Lipinski definition) is 2. The average molecular weight is 397 g/mol. The van der Waals surface area contributed by atoms with Crippen LogP contribution in [0.5, 0.6) is 0 Å². The third-order valence-corrected chi connectivity index (χ3v) is 4.84. The highest BCUT2D eigenvalue weighted by Gasteiger charge is 2.34. The SMILES string of the molecule is CCCNC(=O)C1CCCN1C(=O)c1cccc(NC(=O)c2ccc(F)cc2)c1. The standard InChI is InChI=1S/C22H24FN3O3/c1-2-12-24-21(28)19-7-4-13-26(19)22(29)16-5-3-6-18(14-16)25-20(27)15-8-10-17(23)11-9-15/h3,5-6,8-11,14,19H,2,4,7,12-13H2,1H3,(H,24,28)(H,25,27). The number of carbonyl (C=O) groups excluding carboxylic acids is 3. The number of hydrogen-bond acceptors (Lipinski definition) is 3. The van der Waals surface area contributed by atoms with Gasteiger partial charge < -0.3 is 15.5 Å². The predicted molar refractivity (Wildman–Crippen MR) is 108 cm³/mol. The van der Waals surface area contributed by atoms with Crippen molar-refractivity contribution in [1.29, 1.82) is 0 Å². The van der Waals surface area contributed by atoms with E-state index in [1.165, 1.54) is 24.3 Å². The van der Waals surface area contributed by atoms with Crippen molar-refractivity contribution in [3.8, 4) is 0 Å². The van der Waals surface area contributed by atoms with Gasteiger partial charge in [-0.25, -0.2) is 4.39 Å². The van der Waals surface area contributed by atoms with Gasteiger partial charge in [-0.05, 0) is 61.7 Å². The number of nitrogens with one attached hydrogen (secondary N) is 2. The van der Waals surface area contributed by atoms with E-state index in [4.69, 9.17) is 0 Å². The minimum absolute atomic E-state index is 0.126. The molecular weight excluding hydrogens is 373 g/mol. The largest absolute Gasteiger partial charge is 0.354 e. The van der Waals surface area contributed by atoms with Gasteiger partial charge in [-0.15, -0.1) is 0 Å². The Morgan fingerprint density at radius 3 is 2.59 bits per heavy atom. The Labute approximate surface area is 169 Å². The van der Waals surface area contributed by atoms with Crippen molar-refractivity contribution < 1.29 is 18.8 Å². The van der Waals surface area contributed by atoms with Crippen LogP contribution in [0.25, 0.3) is 0 Å². The lowest BCUT2D eigenvalue weighted by Gasteiger charge is -2.24. The molecule has 0 bridgehead atoms. The molecule has 6 nitrogen and oxygen atoms in total. The fourth-order valence-electron chi connectivity index (χ4n) is 3.35. The Balaban J connectivity index is 1.71. The Morgan fingerprint density at radius 2 is 1.86 bits per heavy atom. The predicted octanol–water partition coefficient (Wildman–Crippen LogP) is 3.21. The monoisotopic (exact) mass is 397 g/mol. The molecule has 3 rings (SSSR count). The molecule has 1 unspecified atom stereocenters. The summed E-state index contributed by atoms with van der Waals surface area (Å²) in [7, 11) is 0. The van der Waals surface area contributed by atoms with Crippen molar-refractivity contribution in [3.05, 3.63) is 65.5 Å². The zero-order chi connectivity index (χ0) is 20.8. The average Bonchev–Trinajstić information content (AvgIpc) is 3.22. The number of halogens is 1. The number of anilines is 1. The molecule has 152 valence electrons. The first-order valence-electron chi connectivity index (χ1n) is 9.75. The van der Waals surface area contributed by atoms with Crippen LogP contribution in [0.1, 0.15) is 46.9 Å². The molecule has 0 spiro atoms. The van der Waals surface area contributed by atoms with Crippen LogP contribution in [0.2, 0.25) is 0 Å². The molecule has 2 N–H and O–H groups in total. The van der Waals surface area contributed by atoms with Crippen molar-refractivity contribution in [2.45, 2.75) is 32.2 Å². The van der Waals surface area contributed by atoms with E-state index >= 15 is 0 Å². The maximum atomic E-state index is 13.0. The third-order valence-electron chi connectivity index (χ3n) is 4.84. The number of benzene rings is 2. The summed E-state index contributed by atoms with van der Waals surface area (Å²) in [6.45, 7) is 3.08. The van der Waals surface area contributed by atoms with Gasteiger partial charge in [0.2, 0.25) is 5.91 Å². The minimum atomic E-state index is -0.466. The highest BCUT2D eigenvalue weighted by Crippen LogP contribution is 2.22. The lowest BCUT2D eigenvalue weighted by molar-refractivity contribution is -0.124. The summed E-state index contributed by atoms with van der Waals surface area (Å²) >= 11 is 0. The molecule has 1 atom stereocenters. The maximum Gasteiger partial charge on any atom is 0.255 e. The summed E-state index contributed by atoms with van der Waals surface area (Å²) in [4.78, 5) is 39.2. The highest BCUT2D eigenvalue weighted by molar-refractivity contribution is 6.05. The Bertz CT molecular complexity index is 898. The van der Waals surface area contributed by atoms with Gasteiger partial charge in [0.15, 0.2) is 0 Å². The highest BCUT2D eigenvalue weighted by atomic mass is 19.1. The Morgan fingerprint density at radius 1 is 1.10 bits per heavy atom. The fraction of sp³-hybridized carbons (Fsp3) is 0.318. The van der Waals surface area contributed by atoms with E-state index in [2.05, 4.69) is 10.6 Å².